The second-order valence-corrected chi connectivity index (χ2v) is 4.05. The average molecular weight is 239 g/mol. The highest BCUT2D eigenvalue weighted by Gasteiger charge is 2.01. The molecule has 0 aliphatic heterocycles. The van der Waals surface area contributed by atoms with Gasteiger partial charge in [-0.15, -0.1) is 0 Å². The molecule has 0 aliphatic carbocycles. The number of carbonyl (C=O) groups excluding carboxylic acids is 1. The van der Waals surface area contributed by atoms with Gasteiger partial charge in [-0.25, -0.2) is 9.18 Å². The van der Waals surface area contributed by atoms with Crippen LogP contribution < -0.4 is 10.6 Å². The predicted octanol–water partition coefficient (Wildman–Crippen LogP) is 1.90. The van der Waals surface area contributed by atoms with Crippen LogP contribution in [0.15, 0.2) is 24.3 Å². The van der Waals surface area contributed by atoms with Crippen molar-refractivity contribution in [1.82, 2.24) is 10.2 Å². The van der Waals surface area contributed by atoms with Crippen LogP contribution in [0.4, 0.5) is 14.9 Å². The number of anilines is 1. The maximum absolute atomic E-state index is 12.8. The van der Waals surface area contributed by atoms with E-state index in [1.807, 2.05) is 19.0 Å². The summed E-state index contributed by atoms with van der Waals surface area (Å²) >= 11 is 0. The molecule has 0 radical (unpaired) electrons. The van der Waals surface area contributed by atoms with Gasteiger partial charge >= 0.3 is 6.03 Å². The third-order valence-corrected chi connectivity index (χ3v) is 2.15. The number of nitrogens with zero attached hydrogens (tertiary/aromatic N) is 1. The number of rotatable bonds is 5. The molecule has 1 aromatic carbocycles. The van der Waals surface area contributed by atoms with Crippen molar-refractivity contribution in [3.8, 4) is 0 Å². The molecule has 0 aromatic heterocycles. The van der Waals surface area contributed by atoms with E-state index in [-0.39, 0.29) is 11.8 Å². The summed E-state index contributed by atoms with van der Waals surface area (Å²) in [7, 11) is 3.96. The fourth-order valence-corrected chi connectivity index (χ4v) is 1.34. The maximum Gasteiger partial charge on any atom is 0.319 e. The van der Waals surface area contributed by atoms with E-state index >= 15 is 0 Å². The predicted molar refractivity (Wildman–Crippen MR) is 66.6 cm³/mol. The molecule has 17 heavy (non-hydrogen) atoms. The highest BCUT2D eigenvalue weighted by Crippen LogP contribution is 2.08. The van der Waals surface area contributed by atoms with Crippen LogP contribution in [0.1, 0.15) is 6.42 Å². The van der Waals surface area contributed by atoms with Crippen LogP contribution in [-0.2, 0) is 0 Å². The lowest BCUT2D eigenvalue weighted by molar-refractivity contribution is 0.251. The number of carbonyl (C=O) groups is 1. The van der Waals surface area contributed by atoms with Crippen LogP contribution in [-0.4, -0.2) is 38.1 Å². The topological polar surface area (TPSA) is 44.4 Å². The molecule has 4 nitrogen and oxygen atoms in total. The van der Waals surface area contributed by atoms with Gasteiger partial charge in [0.2, 0.25) is 0 Å². The molecule has 94 valence electrons. The molecule has 0 atom stereocenters. The minimum atomic E-state index is -0.365. The van der Waals surface area contributed by atoms with E-state index < -0.39 is 0 Å². The van der Waals surface area contributed by atoms with Gasteiger partial charge in [-0.3, -0.25) is 0 Å². The van der Waals surface area contributed by atoms with Gasteiger partial charge in [0.1, 0.15) is 5.82 Å². The molecule has 0 unspecified atom stereocenters. The quantitative estimate of drug-likeness (QED) is 0.771. The molecule has 5 heteroatoms. The Balaban J connectivity index is 2.25. The normalized spacial score (nSPS) is 10.4. The summed E-state index contributed by atoms with van der Waals surface area (Å²) < 4.78 is 12.8. The van der Waals surface area contributed by atoms with E-state index in [9.17, 15) is 9.18 Å². The largest absolute Gasteiger partial charge is 0.338 e. The van der Waals surface area contributed by atoms with E-state index in [1.165, 1.54) is 12.1 Å². The Morgan fingerprint density at radius 2 is 2.18 bits per heavy atom. The van der Waals surface area contributed by atoms with Crippen LogP contribution >= 0.6 is 0 Å². The Bertz CT molecular complexity index is 369. The molecule has 0 aliphatic rings. The second kappa shape index (κ2) is 6.85. The number of hydrogen-bond donors (Lipinski definition) is 2. The lowest BCUT2D eigenvalue weighted by Crippen LogP contribution is -2.31. The fraction of sp³-hybridized carbons (Fsp3) is 0.417. The number of halogens is 1. The molecule has 0 bridgehead atoms. The highest BCUT2D eigenvalue weighted by atomic mass is 19.1. The van der Waals surface area contributed by atoms with Crippen LogP contribution in [0.2, 0.25) is 0 Å². The van der Waals surface area contributed by atoms with Crippen LogP contribution in [0.25, 0.3) is 0 Å². The monoisotopic (exact) mass is 239 g/mol. The second-order valence-electron chi connectivity index (χ2n) is 4.05. The first kappa shape index (κ1) is 13.4. The van der Waals surface area contributed by atoms with E-state index in [0.717, 1.165) is 13.0 Å². The first-order valence-electron chi connectivity index (χ1n) is 5.53. The van der Waals surface area contributed by atoms with Crippen LogP contribution in [0, 0.1) is 5.82 Å². The minimum absolute atomic E-state index is 0.311. The number of nitrogens with one attached hydrogen (secondary N) is 2. The van der Waals surface area contributed by atoms with Gasteiger partial charge < -0.3 is 15.5 Å². The van der Waals surface area contributed by atoms with Gasteiger partial charge in [0.25, 0.3) is 0 Å². The lowest BCUT2D eigenvalue weighted by Gasteiger charge is -2.10. The zero-order valence-electron chi connectivity index (χ0n) is 10.2. The Kier molecular flexibility index (Phi) is 5.42. The molecule has 0 fully saturated rings. The van der Waals surface area contributed by atoms with Gasteiger partial charge in [0.15, 0.2) is 0 Å². The first-order valence-corrected chi connectivity index (χ1v) is 5.53. The molecule has 2 amide bonds. The van der Waals surface area contributed by atoms with Gasteiger partial charge in [0.05, 0.1) is 0 Å². The van der Waals surface area contributed by atoms with E-state index in [0.29, 0.717) is 12.2 Å². The van der Waals surface area contributed by atoms with Crippen molar-refractivity contribution in [2.75, 3.05) is 32.5 Å². The van der Waals surface area contributed by atoms with Crippen molar-refractivity contribution >= 4 is 11.7 Å². The Hall–Kier alpha value is -1.62. The third-order valence-electron chi connectivity index (χ3n) is 2.15. The molecule has 1 rings (SSSR count). The Morgan fingerprint density at radius 3 is 2.82 bits per heavy atom. The van der Waals surface area contributed by atoms with Gasteiger partial charge in [0, 0.05) is 12.2 Å². The van der Waals surface area contributed by atoms with Crippen LogP contribution in [0.3, 0.4) is 0 Å². The van der Waals surface area contributed by atoms with Crippen molar-refractivity contribution in [2.24, 2.45) is 0 Å². The summed E-state index contributed by atoms with van der Waals surface area (Å²) in [5.74, 6) is -0.365. The smallest absolute Gasteiger partial charge is 0.319 e. The summed E-state index contributed by atoms with van der Waals surface area (Å²) in [5.41, 5.74) is 0.454. The zero-order valence-corrected chi connectivity index (χ0v) is 10.2. The SMILES string of the molecule is CN(C)CCCNC(=O)Nc1cccc(F)c1. The van der Waals surface area contributed by atoms with E-state index in [2.05, 4.69) is 10.6 Å². The third kappa shape index (κ3) is 5.87. The lowest BCUT2D eigenvalue weighted by atomic mass is 10.3. The zero-order chi connectivity index (χ0) is 12.7. The molecular weight excluding hydrogens is 221 g/mol. The number of amides is 2. The standard InChI is InChI=1S/C12H18FN3O/c1-16(2)8-4-7-14-12(17)15-11-6-3-5-10(13)9-11/h3,5-6,9H,4,7-8H2,1-2H3,(H2,14,15,17). The van der Waals surface area contributed by atoms with Crippen molar-refractivity contribution in [2.45, 2.75) is 6.42 Å². The average Bonchev–Trinajstić information content (AvgIpc) is 2.24. The molecular formula is C12H18FN3O. The summed E-state index contributed by atoms with van der Waals surface area (Å²) in [6.45, 7) is 1.51. The molecule has 0 heterocycles. The fourth-order valence-electron chi connectivity index (χ4n) is 1.34. The Labute approximate surface area is 101 Å². The Morgan fingerprint density at radius 1 is 1.41 bits per heavy atom. The highest BCUT2D eigenvalue weighted by molar-refractivity contribution is 5.89. The van der Waals surface area contributed by atoms with Gasteiger partial charge in [-0.1, -0.05) is 6.07 Å². The van der Waals surface area contributed by atoms with E-state index in [4.69, 9.17) is 0 Å². The molecule has 1 aromatic rings. The minimum Gasteiger partial charge on any atom is -0.338 e. The van der Waals surface area contributed by atoms with Gasteiger partial charge in [-0.2, -0.15) is 0 Å². The molecule has 0 saturated heterocycles. The molecule has 2 N–H and O–H groups in total. The van der Waals surface area contributed by atoms with Gasteiger partial charge in [-0.05, 0) is 45.3 Å². The molecule has 0 saturated carbocycles. The summed E-state index contributed by atoms with van der Waals surface area (Å²) in [5, 5.41) is 5.27. The summed E-state index contributed by atoms with van der Waals surface area (Å²) in [4.78, 5) is 13.5. The van der Waals surface area contributed by atoms with Crippen molar-refractivity contribution in [3.63, 3.8) is 0 Å². The number of benzene rings is 1. The maximum atomic E-state index is 12.8. The summed E-state index contributed by atoms with van der Waals surface area (Å²) in [6, 6.07) is 5.49. The van der Waals surface area contributed by atoms with Crippen molar-refractivity contribution < 1.29 is 9.18 Å². The van der Waals surface area contributed by atoms with Crippen molar-refractivity contribution in [1.29, 1.82) is 0 Å². The van der Waals surface area contributed by atoms with E-state index in [1.54, 1.807) is 12.1 Å². The molecule has 0 spiro atoms. The van der Waals surface area contributed by atoms with Crippen molar-refractivity contribution in [3.05, 3.63) is 30.1 Å². The van der Waals surface area contributed by atoms with Crippen LogP contribution in [0.5, 0.6) is 0 Å². The summed E-state index contributed by atoms with van der Waals surface area (Å²) in [6.07, 6.45) is 0.879. The first-order chi connectivity index (χ1) is 8.08. The number of urea groups is 1. The number of hydrogen-bond acceptors (Lipinski definition) is 2.